The molecule has 26 heavy (non-hydrogen) atoms. The normalized spacial score (nSPS) is 11.5. The minimum absolute atomic E-state index is 0.0519. The number of amides is 2. The molecule has 2 amide bonds. The summed E-state index contributed by atoms with van der Waals surface area (Å²) in [5.74, 6) is -0.335. The van der Waals surface area contributed by atoms with Crippen molar-refractivity contribution in [2.75, 3.05) is 5.32 Å². The molecule has 0 aliphatic carbocycles. The standard InChI is InChI=1S/C19H20BrFN2O3/c1-3-18(24)23-15-7-4-13(5-8-15)11-22-19(25)12(2)26-17-9-6-14(21)10-16(17)20/h4-10,12H,3,11H2,1-2H3,(H,22,25)(H,23,24)/t12-/m0/s1. The van der Waals surface area contributed by atoms with Gasteiger partial charge in [0.1, 0.15) is 11.6 Å². The lowest BCUT2D eigenvalue weighted by Gasteiger charge is -2.16. The lowest BCUT2D eigenvalue weighted by molar-refractivity contribution is -0.127. The number of nitrogens with one attached hydrogen (secondary N) is 2. The Labute approximate surface area is 160 Å². The van der Waals surface area contributed by atoms with Crippen LogP contribution in [0.4, 0.5) is 10.1 Å². The Morgan fingerprint density at radius 3 is 2.50 bits per heavy atom. The number of hydrogen-bond acceptors (Lipinski definition) is 3. The van der Waals surface area contributed by atoms with E-state index in [4.69, 9.17) is 4.74 Å². The molecule has 5 nitrogen and oxygen atoms in total. The Hall–Kier alpha value is -2.41. The number of ether oxygens (including phenoxy) is 1. The molecule has 138 valence electrons. The fraction of sp³-hybridized carbons (Fsp3) is 0.263. The largest absolute Gasteiger partial charge is 0.480 e. The van der Waals surface area contributed by atoms with E-state index in [2.05, 4.69) is 26.6 Å². The van der Waals surface area contributed by atoms with E-state index in [1.807, 2.05) is 12.1 Å². The van der Waals surface area contributed by atoms with Gasteiger partial charge in [0.25, 0.3) is 5.91 Å². The topological polar surface area (TPSA) is 67.4 Å². The molecule has 0 aliphatic rings. The van der Waals surface area contributed by atoms with E-state index in [1.54, 1.807) is 26.0 Å². The van der Waals surface area contributed by atoms with Gasteiger partial charge in [-0.05, 0) is 58.7 Å². The molecule has 0 fully saturated rings. The molecule has 0 radical (unpaired) electrons. The van der Waals surface area contributed by atoms with Crippen molar-refractivity contribution in [1.82, 2.24) is 5.32 Å². The molecule has 0 saturated carbocycles. The minimum atomic E-state index is -0.736. The van der Waals surface area contributed by atoms with Crippen LogP contribution in [0, 0.1) is 5.82 Å². The van der Waals surface area contributed by atoms with Crippen molar-refractivity contribution >= 4 is 33.4 Å². The first kappa shape index (κ1) is 19.9. The zero-order valence-electron chi connectivity index (χ0n) is 14.5. The van der Waals surface area contributed by atoms with Gasteiger partial charge in [-0.2, -0.15) is 0 Å². The van der Waals surface area contributed by atoms with Crippen LogP contribution in [0.3, 0.4) is 0 Å². The Bertz CT molecular complexity index is 781. The van der Waals surface area contributed by atoms with Crippen LogP contribution in [0.1, 0.15) is 25.8 Å². The predicted octanol–water partition coefficient (Wildman–Crippen LogP) is 4.02. The monoisotopic (exact) mass is 422 g/mol. The van der Waals surface area contributed by atoms with Crippen LogP contribution < -0.4 is 15.4 Å². The molecule has 0 spiro atoms. The van der Waals surface area contributed by atoms with Crippen molar-refractivity contribution in [3.63, 3.8) is 0 Å². The highest BCUT2D eigenvalue weighted by molar-refractivity contribution is 9.10. The molecule has 0 saturated heterocycles. The number of carbonyl (C=O) groups is 2. The first-order valence-corrected chi connectivity index (χ1v) is 8.96. The van der Waals surface area contributed by atoms with Crippen LogP contribution in [-0.4, -0.2) is 17.9 Å². The summed E-state index contributed by atoms with van der Waals surface area (Å²) in [6.45, 7) is 3.74. The number of benzene rings is 2. The molecule has 0 aliphatic heterocycles. The Morgan fingerprint density at radius 2 is 1.88 bits per heavy atom. The van der Waals surface area contributed by atoms with Crippen molar-refractivity contribution < 1.29 is 18.7 Å². The highest BCUT2D eigenvalue weighted by Crippen LogP contribution is 2.26. The van der Waals surface area contributed by atoms with E-state index in [0.29, 0.717) is 28.9 Å². The number of carbonyl (C=O) groups excluding carboxylic acids is 2. The Morgan fingerprint density at radius 1 is 1.19 bits per heavy atom. The average Bonchev–Trinajstić information content (AvgIpc) is 2.63. The van der Waals surface area contributed by atoms with Crippen molar-refractivity contribution in [1.29, 1.82) is 0 Å². The van der Waals surface area contributed by atoms with Gasteiger partial charge >= 0.3 is 0 Å². The SMILES string of the molecule is CCC(=O)Nc1ccc(CNC(=O)[C@H](C)Oc2ccc(F)cc2Br)cc1. The van der Waals surface area contributed by atoms with Crippen LogP contribution >= 0.6 is 15.9 Å². The molecule has 2 aromatic carbocycles. The third kappa shape index (κ3) is 5.84. The number of halogens is 2. The van der Waals surface area contributed by atoms with Crippen molar-refractivity contribution in [3.05, 3.63) is 58.3 Å². The zero-order chi connectivity index (χ0) is 19.1. The molecule has 0 unspecified atom stereocenters. The molecule has 0 heterocycles. The molecular weight excluding hydrogens is 403 g/mol. The summed E-state index contributed by atoms with van der Waals surface area (Å²) in [4.78, 5) is 23.5. The fourth-order valence-corrected chi connectivity index (χ4v) is 2.55. The maximum Gasteiger partial charge on any atom is 0.261 e. The molecule has 0 bridgehead atoms. The quantitative estimate of drug-likeness (QED) is 0.707. The van der Waals surface area contributed by atoms with Crippen LogP contribution in [-0.2, 0) is 16.1 Å². The molecule has 2 aromatic rings. The second-order valence-electron chi connectivity index (χ2n) is 5.65. The predicted molar refractivity (Wildman–Crippen MR) is 101 cm³/mol. The molecule has 2 N–H and O–H groups in total. The van der Waals surface area contributed by atoms with E-state index in [1.165, 1.54) is 18.2 Å². The lowest BCUT2D eigenvalue weighted by atomic mass is 10.2. The van der Waals surface area contributed by atoms with Crippen LogP contribution in [0.2, 0.25) is 0 Å². The summed E-state index contributed by atoms with van der Waals surface area (Å²) in [6, 6.07) is 11.2. The molecule has 1 atom stereocenters. The highest BCUT2D eigenvalue weighted by Gasteiger charge is 2.16. The summed E-state index contributed by atoms with van der Waals surface area (Å²) in [5, 5.41) is 5.54. The van der Waals surface area contributed by atoms with Gasteiger partial charge in [0.2, 0.25) is 5.91 Å². The van der Waals surface area contributed by atoms with E-state index < -0.39 is 6.10 Å². The Kier molecular flexibility index (Phi) is 7.15. The van der Waals surface area contributed by atoms with Gasteiger partial charge < -0.3 is 15.4 Å². The summed E-state index contributed by atoms with van der Waals surface area (Å²) in [7, 11) is 0. The van der Waals surface area contributed by atoms with Crippen LogP contribution in [0.15, 0.2) is 46.9 Å². The summed E-state index contributed by atoms with van der Waals surface area (Å²) < 4.78 is 19.1. The van der Waals surface area contributed by atoms with Gasteiger partial charge in [0, 0.05) is 18.7 Å². The van der Waals surface area contributed by atoms with Crippen molar-refractivity contribution in [3.8, 4) is 5.75 Å². The second kappa shape index (κ2) is 9.33. The van der Waals surface area contributed by atoms with E-state index >= 15 is 0 Å². The lowest BCUT2D eigenvalue weighted by Crippen LogP contribution is -2.35. The third-order valence-electron chi connectivity index (χ3n) is 3.59. The van der Waals surface area contributed by atoms with Gasteiger partial charge in [0.05, 0.1) is 4.47 Å². The molecule has 0 aromatic heterocycles. The molecule has 2 rings (SSSR count). The summed E-state index contributed by atoms with van der Waals surface area (Å²) in [6.07, 6.45) is -0.320. The minimum Gasteiger partial charge on any atom is -0.480 e. The number of hydrogen-bond donors (Lipinski definition) is 2. The van der Waals surface area contributed by atoms with Crippen LogP contribution in [0.5, 0.6) is 5.75 Å². The van der Waals surface area contributed by atoms with E-state index in [9.17, 15) is 14.0 Å². The third-order valence-corrected chi connectivity index (χ3v) is 4.21. The van der Waals surface area contributed by atoms with Crippen molar-refractivity contribution in [2.45, 2.75) is 32.9 Å². The van der Waals surface area contributed by atoms with Crippen LogP contribution in [0.25, 0.3) is 0 Å². The number of anilines is 1. The zero-order valence-corrected chi connectivity index (χ0v) is 16.1. The highest BCUT2D eigenvalue weighted by atomic mass is 79.9. The maximum atomic E-state index is 13.1. The van der Waals surface area contributed by atoms with E-state index in [-0.39, 0.29) is 17.6 Å². The molecular formula is C19H20BrFN2O3. The smallest absolute Gasteiger partial charge is 0.261 e. The van der Waals surface area contributed by atoms with Gasteiger partial charge in [0.15, 0.2) is 6.10 Å². The van der Waals surface area contributed by atoms with Gasteiger partial charge in [-0.15, -0.1) is 0 Å². The maximum absolute atomic E-state index is 13.1. The van der Waals surface area contributed by atoms with Crippen molar-refractivity contribution in [2.24, 2.45) is 0 Å². The van der Waals surface area contributed by atoms with Gasteiger partial charge in [-0.25, -0.2) is 4.39 Å². The van der Waals surface area contributed by atoms with E-state index in [0.717, 1.165) is 5.56 Å². The van der Waals surface area contributed by atoms with Gasteiger partial charge in [-0.3, -0.25) is 9.59 Å². The first-order chi connectivity index (χ1) is 12.4. The average molecular weight is 423 g/mol. The van der Waals surface area contributed by atoms with Gasteiger partial charge in [-0.1, -0.05) is 19.1 Å². The Balaban J connectivity index is 1.86. The summed E-state index contributed by atoms with van der Waals surface area (Å²) in [5.41, 5.74) is 1.60. The number of rotatable bonds is 7. The second-order valence-corrected chi connectivity index (χ2v) is 6.51. The fourth-order valence-electron chi connectivity index (χ4n) is 2.10. The molecule has 7 heteroatoms. The first-order valence-electron chi connectivity index (χ1n) is 8.17. The summed E-state index contributed by atoms with van der Waals surface area (Å²) >= 11 is 3.20.